The van der Waals surface area contributed by atoms with Gasteiger partial charge in [0.1, 0.15) is 10.6 Å². The molecule has 1 atom stereocenters. The topological polar surface area (TPSA) is 93.2 Å². The van der Waals surface area contributed by atoms with E-state index in [1.54, 1.807) is 18.1 Å². The van der Waals surface area contributed by atoms with Crippen LogP contribution in [0.5, 0.6) is 5.75 Å². The van der Waals surface area contributed by atoms with Gasteiger partial charge in [0, 0.05) is 31.3 Å². The molecule has 1 saturated carbocycles. The third kappa shape index (κ3) is 4.11. The lowest BCUT2D eigenvalue weighted by atomic mass is 10.1. The molecule has 2 fully saturated rings. The van der Waals surface area contributed by atoms with Gasteiger partial charge in [0.2, 0.25) is 0 Å². The number of fused-ring (bicyclic) bond motifs is 1. The fraction of sp³-hybridized carbons (Fsp3) is 0.417. The number of methoxy groups -OCH3 is 1. The first kappa shape index (κ1) is 21.9. The highest BCUT2D eigenvalue weighted by Crippen LogP contribution is 2.39. The van der Waals surface area contributed by atoms with Crippen LogP contribution in [0.3, 0.4) is 0 Å². The number of carbonyl (C=O) groups is 2. The Morgan fingerprint density at radius 3 is 2.70 bits per heavy atom. The van der Waals surface area contributed by atoms with Gasteiger partial charge in [0.05, 0.1) is 18.8 Å². The lowest BCUT2D eigenvalue weighted by Gasteiger charge is -2.26. The van der Waals surface area contributed by atoms with E-state index in [0.717, 1.165) is 22.7 Å². The van der Waals surface area contributed by atoms with Gasteiger partial charge < -0.3 is 14.4 Å². The van der Waals surface area contributed by atoms with E-state index in [0.29, 0.717) is 38.3 Å². The molecule has 1 unspecified atom stereocenters. The van der Waals surface area contributed by atoms with Crippen molar-refractivity contribution in [3.05, 3.63) is 59.2 Å². The zero-order valence-electron chi connectivity index (χ0n) is 18.4. The second-order valence-corrected chi connectivity index (χ2v) is 10.5. The number of ether oxygens (including phenoxy) is 2. The van der Waals surface area contributed by atoms with E-state index in [2.05, 4.69) is 0 Å². The van der Waals surface area contributed by atoms with E-state index in [9.17, 15) is 18.0 Å². The first-order chi connectivity index (χ1) is 15.9. The molecular weight excluding hydrogens is 444 g/mol. The minimum Gasteiger partial charge on any atom is -0.497 e. The molecule has 2 aromatic rings. The smallest absolute Gasteiger partial charge is 0.269 e. The largest absolute Gasteiger partial charge is 0.497 e. The maximum Gasteiger partial charge on any atom is 0.269 e. The van der Waals surface area contributed by atoms with Gasteiger partial charge in [-0.15, -0.1) is 0 Å². The lowest BCUT2D eigenvalue weighted by Crippen LogP contribution is -2.37. The van der Waals surface area contributed by atoms with Crippen molar-refractivity contribution >= 4 is 21.8 Å². The quantitative estimate of drug-likeness (QED) is 0.618. The first-order valence-corrected chi connectivity index (χ1v) is 12.6. The summed E-state index contributed by atoms with van der Waals surface area (Å²) in [4.78, 5) is 27.8. The minimum atomic E-state index is -3.93. The van der Waals surface area contributed by atoms with Crippen LogP contribution >= 0.6 is 0 Å². The summed E-state index contributed by atoms with van der Waals surface area (Å²) in [6, 6.07) is 11.6. The lowest BCUT2D eigenvalue weighted by molar-refractivity contribution is 0.0507. The van der Waals surface area contributed by atoms with Crippen molar-refractivity contribution < 1.29 is 27.5 Å². The molecule has 0 aromatic heterocycles. The highest BCUT2D eigenvalue weighted by molar-refractivity contribution is 7.90. The number of sulfonamides is 1. The van der Waals surface area contributed by atoms with Crippen molar-refractivity contribution in [3.63, 3.8) is 0 Å². The molecule has 0 N–H and O–H groups in total. The number of benzene rings is 2. The highest BCUT2D eigenvalue weighted by atomic mass is 32.2. The Morgan fingerprint density at radius 2 is 2.00 bits per heavy atom. The van der Waals surface area contributed by atoms with Crippen LogP contribution in [0.2, 0.25) is 0 Å². The zero-order valence-corrected chi connectivity index (χ0v) is 19.2. The molecular formula is C24H26N2O6S. The molecule has 0 spiro atoms. The van der Waals surface area contributed by atoms with Crippen molar-refractivity contribution in [1.82, 2.24) is 9.21 Å². The van der Waals surface area contributed by atoms with Gasteiger partial charge in [-0.1, -0.05) is 12.1 Å². The zero-order chi connectivity index (χ0) is 23.2. The van der Waals surface area contributed by atoms with Crippen molar-refractivity contribution in [2.45, 2.75) is 49.3 Å². The Labute approximate surface area is 193 Å². The Hall–Kier alpha value is -2.91. The van der Waals surface area contributed by atoms with E-state index < -0.39 is 15.9 Å². The van der Waals surface area contributed by atoms with Crippen LogP contribution in [0.25, 0.3) is 0 Å². The maximum atomic E-state index is 13.6. The molecule has 2 aromatic carbocycles. The summed E-state index contributed by atoms with van der Waals surface area (Å²) in [5.74, 6) is -0.109. The summed E-state index contributed by atoms with van der Waals surface area (Å²) in [6.45, 7) is 1.39. The summed E-state index contributed by atoms with van der Waals surface area (Å²) in [7, 11) is -2.34. The third-order valence-electron chi connectivity index (χ3n) is 6.32. The number of carbonyl (C=O) groups excluding carboxylic acids is 2. The van der Waals surface area contributed by atoms with E-state index in [1.165, 1.54) is 12.1 Å². The average Bonchev–Trinajstić information content (AvgIpc) is 3.45. The molecule has 9 heteroatoms. The van der Waals surface area contributed by atoms with Crippen LogP contribution in [0, 0.1) is 0 Å². The van der Waals surface area contributed by atoms with Crippen molar-refractivity contribution in [2.75, 3.05) is 20.3 Å². The van der Waals surface area contributed by atoms with Crippen LogP contribution in [0.15, 0.2) is 47.4 Å². The Bertz CT molecular complexity index is 1200. The van der Waals surface area contributed by atoms with Crippen molar-refractivity contribution in [1.29, 1.82) is 0 Å². The SMILES string of the molecule is COc1cccc(CN(CC2CCCO2)C(=O)c2ccc3c(c2)S(=O)(=O)N(C2CC2)C3=O)c1. The Balaban J connectivity index is 1.45. The molecule has 1 saturated heterocycles. The fourth-order valence-electron chi connectivity index (χ4n) is 4.48. The number of rotatable bonds is 7. The van der Waals surface area contributed by atoms with Gasteiger partial charge in [-0.05, 0) is 61.6 Å². The first-order valence-electron chi connectivity index (χ1n) is 11.1. The molecule has 5 rings (SSSR count). The highest BCUT2D eigenvalue weighted by Gasteiger charge is 2.49. The summed E-state index contributed by atoms with van der Waals surface area (Å²) >= 11 is 0. The molecule has 8 nitrogen and oxygen atoms in total. The van der Waals surface area contributed by atoms with Gasteiger partial charge in [-0.25, -0.2) is 12.7 Å². The van der Waals surface area contributed by atoms with Crippen LogP contribution in [-0.2, 0) is 21.3 Å². The summed E-state index contributed by atoms with van der Waals surface area (Å²) < 4.78 is 38.0. The molecule has 0 radical (unpaired) electrons. The van der Waals surface area contributed by atoms with Crippen LogP contribution in [-0.4, -0.2) is 61.8 Å². The molecule has 33 heavy (non-hydrogen) atoms. The summed E-state index contributed by atoms with van der Waals surface area (Å²) in [5.41, 5.74) is 1.27. The van der Waals surface area contributed by atoms with Gasteiger partial charge in [0.25, 0.3) is 21.8 Å². The van der Waals surface area contributed by atoms with Gasteiger partial charge in [-0.3, -0.25) is 9.59 Å². The second kappa shape index (κ2) is 8.46. The van der Waals surface area contributed by atoms with Crippen molar-refractivity contribution in [3.8, 4) is 5.75 Å². The number of hydrogen-bond acceptors (Lipinski definition) is 6. The molecule has 3 aliphatic rings. The Kier molecular flexibility index (Phi) is 5.62. The summed E-state index contributed by atoms with van der Waals surface area (Å²) in [5, 5.41) is 0. The monoisotopic (exact) mass is 470 g/mol. The summed E-state index contributed by atoms with van der Waals surface area (Å²) in [6.07, 6.45) is 3.11. The number of hydrogen-bond donors (Lipinski definition) is 0. The molecule has 1 aliphatic carbocycles. The predicted octanol–water partition coefficient (Wildman–Crippen LogP) is 2.82. The van der Waals surface area contributed by atoms with Crippen LogP contribution < -0.4 is 4.74 Å². The van der Waals surface area contributed by atoms with E-state index >= 15 is 0 Å². The number of nitrogens with zero attached hydrogens (tertiary/aromatic N) is 2. The van der Waals surface area contributed by atoms with E-state index in [-0.39, 0.29) is 34.1 Å². The van der Waals surface area contributed by atoms with Crippen LogP contribution in [0.4, 0.5) is 0 Å². The molecule has 2 aliphatic heterocycles. The van der Waals surface area contributed by atoms with E-state index in [4.69, 9.17) is 9.47 Å². The van der Waals surface area contributed by atoms with Crippen LogP contribution in [0.1, 0.15) is 52.0 Å². The van der Waals surface area contributed by atoms with Crippen molar-refractivity contribution in [2.24, 2.45) is 0 Å². The second-order valence-electron chi connectivity index (χ2n) is 8.72. The molecule has 0 bridgehead atoms. The Morgan fingerprint density at radius 1 is 1.18 bits per heavy atom. The van der Waals surface area contributed by atoms with Gasteiger partial charge >= 0.3 is 0 Å². The maximum absolute atomic E-state index is 13.6. The molecule has 2 heterocycles. The standard InChI is InChI=1S/C24H26N2O6S/c1-31-19-5-2-4-16(12-19)14-25(15-20-6-3-11-32-20)23(27)17-7-10-21-22(13-17)33(29,30)26(24(21)28)18-8-9-18/h2,4-5,7,10,12-13,18,20H,3,6,8-9,11,14-15H2,1H3. The third-order valence-corrected chi connectivity index (χ3v) is 8.19. The number of amides is 2. The normalized spacial score (nSPS) is 21.2. The van der Waals surface area contributed by atoms with Gasteiger partial charge in [0.15, 0.2) is 0 Å². The molecule has 174 valence electrons. The fourth-order valence-corrected chi connectivity index (χ4v) is 6.32. The molecule has 2 amide bonds. The average molecular weight is 471 g/mol. The predicted molar refractivity (Wildman–Crippen MR) is 120 cm³/mol. The van der Waals surface area contributed by atoms with Gasteiger partial charge in [-0.2, -0.15) is 0 Å². The minimum absolute atomic E-state index is 0.0651. The van der Waals surface area contributed by atoms with E-state index in [1.807, 2.05) is 24.3 Å².